The van der Waals surface area contributed by atoms with E-state index in [0.29, 0.717) is 41.7 Å². The van der Waals surface area contributed by atoms with Crippen LogP contribution in [0.4, 0.5) is 13.2 Å². The highest BCUT2D eigenvalue weighted by Crippen LogP contribution is 2.37. The summed E-state index contributed by atoms with van der Waals surface area (Å²) in [7, 11) is 0. The number of benzene rings is 2. The van der Waals surface area contributed by atoms with Crippen molar-refractivity contribution in [3.8, 4) is 16.9 Å². The number of ether oxygens (including phenoxy) is 2. The molecule has 2 nitrogen and oxygen atoms in total. The van der Waals surface area contributed by atoms with Crippen molar-refractivity contribution in [2.75, 3.05) is 6.61 Å². The fourth-order valence-corrected chi connectivity index (χ4v) is 4.71. The third-order valence-electron chi connectivity index (χ3n) is 5.37. The molecule has 0 atom stereocenters. The Hall–Kier alpha value is -2.73. The molecular formula is C25H23F3O2S. The third kappa shape index (κ3) is 4.35. The van der Waals surface area contributed by atoms with Crippen molar-refractivity contribution < 1.29 is 22.6 Å². The van der Waals surface area contributed by atoms with Crippen molar-refractivity contribution in [3.63, 3.8) is 0 Å². The van der Waals surface area contributed by atoms with E-state index >= 15 is 4.39 Å². The first kappa shape index (κ1) is 21.5. The van der Waals surface area contributed by atoms with Gasteiger partial charge < -0.3 is 9.47 Å². The Labute approximate surface area is 183 Å². The minimum Gasteiger partial charge on any atom is -0.494 e. The quantitative estimate of drug-likeness (QED) is 0.365. The lowest BCUT2D eigenvalue weighted by Crippen LogP contribution is -2.04. The Morgan fingerprint density at radius 3 is 2.39 bits per heavy atom. The van der Waals surface area contributed by atoms with E-state index in [1.807, 2.05) is 43.3 Å². The van der Waals surface area contributed by atoms with Crippen LogP contribution in [-0.2, 0) is 11.3 Å². The van der Waals surface area contributed by atoms with Crippen molar-refractivity contribution in [3.05, 3.63) is 76.1 Å². The van der Waals surface area contributed by atoms with Gasteiger partial charge in [0.1, 0.15) is 23.9 Å². The Bertz CT molecular complexity index is 1160. The lowest BCUT2D eigenvalue weighted by Gasteiger charge is -2.17. The number of hydrogen-bond acceptors (Lipinski definition) is 3. The second-order valence-corrected chi connectivity index (χ2v) is 8.45. The van der Waals surface area contributed by atoms with Gasteiger partial charge in [-0.25, -0.2) is 13.2 Å². The number of fused-ring (bicyclic) bond motifs is 1. The molecule has 162 valence electrons. The van der Waals surface area contributed by atoms with E-state index in [1.54, 1.807) is 13.0 Å². The second-order valence-electron chi connectivity index (χ2n) is 7.31. The van der Waals surface area contributed by atoms with Crippen LogP contribution in [0, 0.1) is 5.82 Å². The fraction of sp³-hybridized carbons (Fsp3) is 0.280. The zero-order chi connectivity index (χ0) is 22.0. The van der Waals surface area contributed by atoms with Gasteiger partial charge >= 0.3 is 0 Å². The summed E-state index contributed by atoms with van der Waals surface area (Å²) in [4.78, 5) is 0.753. The molecule has 0 radical (unpaired) electrons. The maximum atomic E-state index is 15.2. The summed E-state index contributed by atoms with van der Waals surface area (Å²) in [6, 6.07) is 12.7. The average Bonchev–Trinajstić information content (AvgIpc) is 3.20. The third-order valence-corrected chi connectivity index (χ3v) is 6.49. The van der Waals surface area contributed by atoms with Crippen LogP contribution in [-0.4, -0.2) is 6.61 Å². The van der Waals surface area contributed by atoms with Crippen molar-refractivity contribution in [2.24, 2.45) is 0 Å². The molecule has 1 heterocycles. The predicted octanol–water partition coefficient (Wildman–Crippen LogP) is 8.23. The maximum Gasteiger partial charge on any atom is 0.196 e. The topological polar surface area (TPSA) is 18.5 Å². The van der Waals surface area contributed by atoms with Crippen LogP contribution in [0.3, 0.4) is 0 Å². The lowest BCUT2D eigenvalue weighted by atomic mass is 10.00. The van der Waals surface area contributed by atoms with Crippen LogP contribution >= 0.6 is 11.3 Å². The molecule has 0 fully saturated rings. The lowest BCUT2D eigenvalue weighted by molar-refractivity contribution is 0.177. The van der Waals surface area contributed by atoms with Gasteiger partial charge in [-0.15, -0.1) is 11.3 Å². The highest BCUT2D eigenvalue weighted by atomic mass is 32.1. The molecule has 0 unspecified atom stereocenters. The minimum absolute atomic E-state index is 0.0303. The van der Waals surface area contributed by atoms with E-state index in [0.717, 1.165) is 21.6 Å². The van der Waals surface area contributed by atoms with Gasteiger partial charge in [0, 0.05) is 16.9 Å². The van der Waals surface area contributed by atoms with Gasteiger partial charge in [0.05, 0.1) is 11.3 Å². The van der Waals surface area contributed by atoms with Crippen LogP contribution in [0.2, 0.25) is 0 Å². The van der Waals surface area contributed by atoms with Gasteiger partial charge in [-0.05, 0) is 54.5 Å². The number of halogens is 3. The van der Waals surface area contributed by atoms with E-state index in [2.05, 4.69) is 0 Å². The zero-order valence-corrected chi connectivity index (χ0v) is 18.3. The van der Waals surface area contributed by atoms with Gasteiger partial charge in [-0.1, -0.05) is 31.2 Å². The smallest absolute Gasteiger partial charge is 0.196 e. The molecule has 1 aliphatic carbocycles. The Balaban J connectivity index is 1.56. The molecule has 1 aromatic heterocycles. The summed E-state index contributed by atoms with van der Waals surface area (Å²) in [5.74, 6) is -1.24. The van der Waals surface area contributed by atoms with E-state index in [-0.39, 0.29) is 18.2 Å². The molecule has 1 aliphatic rings. The van der Waals surface area contributed by atoms with Crippen LogP contribution in [0.5, 0.6) is 5.75 Å². The molecule has 0 saturated carbocycles. The first-order chi connectivity index (χ1) is 15.0. The van der Waals surface area contributed by atoms with E-state index in [9.17, 15) is 8.78 Å². The number of hydrogen-bond donors (Lipinski definition) is 0. The molecule has 4 rings (SSSR count). The molecule has 0 bridgehead atoms. The summed E-state index contributed by atoms with van der Waals surface area (Å²) in [6.45, 7) is 4.37. The maximum absolute atomic E-state index is 15.2. The molecule has 0 amide bonds. The molecule has 0 spiro atoms. The van der Waals surface area contributed by atoms with Crippen LogP contribution in [0.1, 0.15) is 38.0 Å². The summed E-state index contributed by atoms with van der Waals surface area (Å²) in [5, 5.41) is 0.758. The van der Waals surface area contributed by atoms with Gasteiger partial charge in [-0.2, -0.15) is 0 Å². The predicted molar refractivity (Wildman–Crippen MR) is 119 cm³/mol. The molecule has 2 aromatic carbocycles. The molecule has 0 N–H and O–H groups in total. The van der Waals surface area contributed by atoms with E-state index in [4.69, 9.17) is 9.47 Å². The normalized spacial score (nSPS) is 14.5. The molecule has 6 heteroatoms. The SMILES string of the molecule is CCOc1ccc(-c2ccc3cc(COC4=C(F)C(F)=C(CC)CC4)sc3c2F)cc1. The van der Waals surface area contributed by atoms with Crippen LogP contribution < -0.4 is 4.74 Å². The summed E-state index contributed by atoms with van der Waals surface area (Å²) >= 11 is 1.26. The number of allylic oxidation sites excluding steroid dienone is 4. The van der Waals surface area contributed by atoms with Crippen LogP contribution in [0.25, 0.3) is 21.2 Å². The minimum atomic E-state index is -0.909. The average molecular weight is 445 g/mol. The van der Waals surface area contributed by atoms with Gasteiger partial charge in [-0.3, -0.25) is 0 Å². The van der Waals surface area contributed by atoms with Crippen molar-refractivity contribution in [2.45, 2.75) is 39.7 Å². The summed E-state index contributed by atoms with van der Waals surface area (Å²) in [6.07, 6.45) is 1.28. The van der Waals surface area contributed by atoms with Gasteiger partial charge in [0.25, 0.3) is 0 Å². The van der Waals surface area contributed by atoms with Gasteiger partial charge in [0.2, 0.25) is 0 Å². The summed E-state index contributed by atoms with van der Waals surface area (Å²) < 4.78 is 55.0. The highest BCUT2D eigenvalue weighted by molar-refractivity contribution is 7.19. The van der Waals surface area contributed by atoms with E-state index in [1.165, 1.54) is 11.3 Å². The number of rotatable bonds is 7. The zero-order valence-electron chi connectivity index (χ0n) is 17.4. The first-order valence-electron chi connectivity index (χ1n) is 10.3. The fourth-order valence-electron chi connectivity index (χ4n) is 3.70. The largest absolute Gasteiger partial charge is 0.494 e. The van der Waals surface area contributed by atoms with Crippen LogP contribution in [0.15, 0.2) is 65.5 Å². The molecule has 0 saturated heterocycles. The van der Waals surface area contributed by atoms with Gasteiger partial charge in [0.15, 0.2) is 11.7 Å². The molecule has 0 aliphatic heterocycles. The second kappa shape index (κ2) is 9.18. The first-order valence-corrected chi connectivity index (χ1v) is 11.2. The Morgan fingerprint density at radius 1 is 0.903 bits per heavy atom. The van der Waals surface area contributed by atoms with E-state index < -0.39 is 11.7 Å². The molecule has 31 heavy (non-hydrogen) atoms. The highest BCUT2D eigenvalue weighted by Gasteiger charge is 2.23. The molecule has 3 aromatic rings. The van der Waals surface area contributed by atoms with Crippen molar-refractivity contribution in [1.82, 2.24) is 0 Å². The Kier molecular flexibility index (Phi) is 6.37. The monoisotopic (exact) mass is 444 g/mol. The van der Waals surface area contributed by atoms with Crippen molar-refractivity contribution in [1.29, 1.82) is 0 Å². The Morgan fingerprint density at radius 2 is 1.68 bits per heavy atom. The molecular weight excluding hydrogens is 421 g/mol. The van der Waals surface area contributed by atoms with Crippen molar-refractivity contribution >= 4 is 21.4 Å². The summed E-state index contributed by atoms with van der Waals surface area (Å²) in [5.41, 5.74) is 1.75. The standard InChI is InChI=1S/C25H23F3O2S/c1-3-15-8-12-21(24(28)22(15)26)30-14-19-13-17-7-11-20(23(27)25(17)31-19)16-5-9-18(10-6-16)29-4-2/h5-7,9-11,13H,3-4,8,12,14H2,1-2H3. The number of thiophene rings is 1.